The maximum Gasteiger partial charge on any atom is 0.274 e. The van der Waals surface area contributed by atoms with Crippen LogP contribution < -0.4 is 11.3 Å². The van der Waals surface area contributed by atoms with Crippen molar-refractivity contribution in [2.45, 2.75) is 20.3 Å². The van der Waals surface area contributed by atoms with Gasteiger partial charge in [-0.15, -0.1) is 0 Å². The van der Waals surface area contributed by atoms with E-state index in [4.69, 9.17) is 5.73 Å². The number of carbonyl (C=O) groups excluding carboxylic acids is 3. The molecule has 2 unspecified atom stereocenters. The van der Waals surface area contributed by atoms with Gasteiger partial charge in [-0.25, -0.2) is 4.98 Å². The summed E-state index contributed by atoms with van der Waals surface area (Å²) in [6.45, 7) is 5.57. The lowest BCUT2D eigenvalue weighted by Gasteiger charge is -2.50. The Balaban J connectivity index is 1.48. The Morgan fingerprint density at radius 1 is 1.19 bits per heavy atom. The quantitative estimate of drug-likeness (QED) is 0.717. The highest BCUT2D eigenvalue weighted by molar-refractivity contribution is 5.93. The van der Waals surface area contributed by atoms with Gasteiger partial charge in [0.15, 0.2) is 0 Å². The molecule has 9 heteroatoms. The Labute approximate surface area is 155 Å². The number of nitrogens with one attached hydrogen (secondary N) is 1. The molecule has 2 saturated heterocycles. The van der Waals surface area contributed by atoms with Crippen LogP contribution in [0.2, 0.25) is 0 Å². The van der Waals surface area contributed by atoms with Crippen LogP contribution in [-0.4, -0.2) is 63.7 Å². The number of aromatic nitrogens is 2. The van der Waals surface area contributed by atoms with E-state index in [2.05, 4.69) is 23.8 Å². The molecule has 3 N–H and O–H groups in total. The summed E-state index contributed by atoms with van der Waals surface area (Å²) in [5.41, 5.74) is 4.88. The Morgan fingerprint density at radius 3 is 2.33 bits per heavy atom. The molecule has 4 rings (SSSR count). The monoisotopic (exact) mass is 373 g/mol. The molecular weight excluding hydrogens is 350 g/mol. The first-order chi connectivity index (χ1) is 12.6. The summed E-state index contributed by atoms with van der Waals surface area (Å²) < 4.78 is 0. The number of carbonyl (C=O) groups is 3. The largest absolute Gasteiger partial charge is 0.369 e. The number of rotatable bonds is 3. The Hall–Kier alpha value is -2.71. The van der Waals surface area contributed by atoms with Crippen LogP contribution in [0.3, 0.4) is 0 Å². The van der Waals surface area contributed by atoms with Crippen molar-refractivity contribution < 1.29 is 14.4 Å². The van der Waals surface area contributed by atoms with E-state index in [1.807, 2.05) is 0 Å². The van der Waals surface area contributed by atoms with Crippen LogP contribution in [0.5, 0.6) is 0 Å². The summed E-state index contributed by atoms with van der Waals surface area (Å²) in [6, 6.07) is 0. The summed E-state index contributed by atoms with van der Waals surface area (Å²) in [6.07, 6.45) is 3.20. The molecule has 27 heavy (non-hydrogen) atoms. The Morgan fingerprint density at radius 2 is 1.81 bits per heavy atom. The van der Waals surface area contributed by atoms with E-state index in [1.165, 1.54) is 6.20 Å². The lowest BCUT2D eigenvalue weighted by atomic mass is 9.71. The molecule has 144 valence electrons. The summed E-state index contributed by atoms with van der Waals surface area (Å²) in [7, 11) is 0. The minimum absolute atomic E-state index is 0.0476. The van der Waals surface area contributed by atoms with E-state index >= 15 is 0 Å². The van der Waals surface area contributed by atoms with Gasteiger partial charge in [-0.1, -0.05) is 13.8 Å². The molecule has 0 radical (unpaired) electrons. The van der Waals surface area contributed by atoms with Crippen LogP contribution in [0, 0.1) is 22.7 Å². The molecular formula is C18H23N5O4. The lowest BCUT2D eigenvalue weighted by Crippen LogP contribution is -2.64. The molecule has 1 spiro atoms. The molecule has 3 amide bonds. The second-order valence-electron chi connectivity index (χ2n) is 8.74. The van der Waals surface area contributed by atoms with E-state index in [0.717, 1.165) is 12.6 Å². The number of amides is 3. The fourth-order valence-electron chi connectivity index (χ4n) is 4.44. The predicted octanol–water partition coefficient (Wildman–Crippen LogP) is -0.798. The molecule has 0 aromatic carbocycles. The Kier molecular flexibility index (Phi) is 3.70. The van der Waals surface area contributed by atoms with Crippen molar-refractivity contribution in [3.8, 4) is 0 Å². The SMILES string of the molecule is CC1(C)CC1C(=O)N1CC2(CN(C(=O)c3c[nH]c(=O)cn3)CC2C(N)=O)C1. The van der Waals surface area contributed by atoms with Gasteiger partial charge in [-0.2, -0.15) is 0 Å². The number of nitrogens with zero attached hydrogens (tertiary/aromatic N) is 3. The first-order valence-electron chi connectivity index (χ1n) is 9.05. The highest BCUT2D eigenvalue weighted by Crippen LogP contribution is 2.54. The van der Waals surface area contributed by atoms with Crippen molar-refractivity contribution in [3.63, 3.8) is 0 Å². The highest BCUT2D eigenvalue weighted by atomic mass is 16.2. The van der Waals surface area contributed by atoms with E-state index in [9.17, 15) is 19.2 Å². The third-order valence-electron chi connectivity index (χ3n) is 6.30. The van der Waals surface area contributed by atoms with E-state index in [-0.39, 0.29) is 35.4 Å². The predicted molar refractivity (Wildman–Crippen MR) is 94.3 cm³/mol. The first kappa shape index (κ1) is 17.7. The van der Waals surface area contributed by atoms with Crippen molar-refractivity contribution >= 4 is 17.7 Å². The molecule has 1 aromatic rings. The second kappa shape index (κ2) is 5.64. The standard InChI is InChI=1S/C18H23N5O4/c1-17(2)3-10(17)15(26)23-8-18(9-23)7-22(6-11(18)14(19)25)16(27)12-4-21-13(24)5-20-12/h4-5,10-11H,3,6-9H2,1-2H3,(H2,19,25)(H,21,24). The number of nitrogens with two attached hydrogens (primary N) is 1. The third kappa shape index (κ3) is 2.81. The molecule has 9 nitrogen and oxygen atoms in total. The normalized spacial score (nSPS) is 27.3. The zero-order valence-corrected chi connectivity index (χ0v) is 15.4. The summed E-state index contributed by atoms with van der Waals surface area (Å²) in [5, 5.41) is 0. The molecule has 2 atom stereocenters. The zero-order valence-electron chi connectivity index (χ0n) is 15.4. The van der Waals surface area contributed by atoms with Gasteiger partial charge in [0.05, 0.1) is 12.1 Å². The molecule has 1 saturated carbocycles. The molecule has 3 aliphatic rings. The maximum atomic E-state index is 12.7. The van der Waals surface area contributed by atoms with Gasteiger partial charge in [-0.05, 0) is 11.8 Å². The Bertz CT molecular complexity index is 865. The van der Waals surface area contributed by atoms with Gasteiger partial charge < -0.3 is 20.5 Å². The molecule has 1 aromatic heterocycles. The number of hydrogen-bond donors (Lipinski definition) is 2. The second-order valence-corrected chi connectivity index (χ2v) is 8.74. The number of aromatic amines is 1. The van der Waals surface area contributed by atoms with Crippen molar-refractivity contribution in [3.05, 3.63) is 28.4 Å². The molecule has 3 heterocycles. The molecule has 0 bridgehead atoms. The van der Waals surface area contributed by atoms with Crippen LogP contribution in [0.15, 0.2) is 17.2 Å². The molecule has 3 fully saturated rings. The van der Waals surface area contributed by atoms with E-state index < -0.39 is 22.8 Å². The average Bonchev–Trinajstić information content (AvgIpc) is 3.04. The molecule has 1 aliphatic carbocycles. The van der Waals surface area contributed by atoms with Crippen molar-refractivity contribution in [2.24, 2.45) is 28.4 Å². The van der Waals surface area contributed by atoms with Crippen molar-refractivity contribution in [2.75, 3.05) is 26.2 Å². The van der Waals surface area contributed by atoms with E-state index in [0.29, 0.717) is 19.6 Å². The number of likely N-dealkylation sites (tertiary alicyclic amines) is 2. The maximum absolute atomic E-state index is 12.7. The third-order valence-corrected chi connectivity index (χ3v) is 6.30. The molecule has 2 aliphatic heterocycles. The minimum atomic E-state index is -0.500. The minimum Gasteiger partial charge on any atom is -0.369 e. The number of hydrogen-bond acceptors (Lipinski definition) is 5. The topological polar surface area (TPSA) is 129 Å². The fraction of sp³-hybridized carbons (Fsp3) is 0.611. The van der Waals surface area contributed by atoms with Crippen molar-refractivity contribution in [1.29, 1.82) is 0 Å². The van der Waals surface area contributed by atoms with Crippen LogP contribution in [0.1, 0.15) is 30.8 Å². The smallest absolute Gasteiger partial charge is 0.274 e. The van der Waals surface area contributed by atoms with Gasteiger partial charge in [0.2, 0.25) is 11.8 Å². The zero-order chi connectivity index (χ0) is 19.6. The van der Waals surface area contributed by atoms with Gasteiger partial charge in [0, 0.05) is 43.7 Å². The van der Waals surface area contributed by atoms with Gasteiger partial charge in [-0.3, -0.25) is 19.2 Å². The van der Waals surface area contributed by atoms with Gasteiger partial charge >= 0.3 is 0 Å². The van der Waals surface area contributed by atoms with Crippen LogP contribution in [0.4, 0.5) is 0 Å². The van der Waals surface area contributed by atoms with Crippen LogP contribution in [-0.2, 0) is 9.59 Å². The summed E-state index contributed by atoms with van der Waals surface area (Å²) in [5.74, 6) is -1.14. The number of primary amides is 1. The van der Waals surface area contributed by atoms with Crippen molar-refractivity contribution in [1.82, 2.24) is 19.8 Å². The van der Waals surface area contributed by atoms with E-state index in [1.54, 1.807) is 9.80 Å². The first-order valence-corrected chi connectivity index (χ1v) is 9.05. The summed E-state index contributed by atoms with van der Waals surface area (Å²) >= 11 is 0. The number of H-pyrrole nitrogens is 1. The highest BCUT2D eigenvalue weighted by Gasteiger charge is 2.61. The van der Waals surface area contributed by atoms with Gasteiger partial charge in [0.25, 0.3) is 11.5 Å². The lowest BCUT2D eigenvalue weighted by molar-refractivity contribution is -0.150. The fourth-order valence-corrected chi connectivity index (χ4v) is 4.44. The van der Waals surface area contributed by atoms with Gasteiger partial charge in [0.1, 0.15) is 5.69 Å². The van der Waals surface area contributed by atoms with Crippen LogP contribution in [0.25, 0.3) is 0 Å². The summed E-state index contributed by atoms with van der Waals surface area (Å²) in [4.78, 5) is 58.0. The van der Waals surface area contributed by atoms with Crippen LogP contribution >= 0.6 is 0 Å². The average molecular weight is 373 g/mol.